The number of hydrogen-bond donors (Lipinski definition) is 2. The Labute approximate surface area is 225 Å². The van der Waals surface area contributed by atoms with Crippen LogP contribution in [0.5, 0.6) is 0 Å². The maximum absolute atomic E-state index is 13.3. The van der Waals surface area contributed by atoms with Crippen molar-refractivity contribution in [1.29, 1.82) is 0 Å². The van der Waals surface area contributed by atoms with Crippen LogP contribution >= 0.6 is 0 Å². The fourth-order valence-corrected chi connectivity index (χ4v) is 4.52. The molecule has 1 aromatic carbocycles. The number of aliphatic hydroxyl groups is 1. The highest BCUT2D eigenvalue weighted by atomic mass is 28.4. The summed E-state index contributed by atoms with van der Waals surface area (Å²) in [5, 5.41) is 13.0. The van der Waals surface area contributed by atoms with Gasteiger partial charge in [0.15, 0.2) is 8.32 Å². The Bertz CT molecular complexity index is 1220. The standard InChI is InChI=1S/C28H39FN4O4Si/c1-7-36-27(35)21-12-23(31-24(13-21)19-37-38(5,6)28(2,3)4)14-30-15-26-32-25(18-34)17-33(26)16-20-8-10-22(29)11-9-20/h8-13,17,30,34H,7,14-16,18-19H2,1-6H3. The van der Waals surface area contributed by atoms with E-state index in [1.165, 1.54) is 12.1 Å². The van der Waals surface area contributed by atoms with Gasteiger partial charge >= 0.3 is 5.97 Å². The van der Waals surface area contributed by atoms with Gasteiger partial charge in [0.2, 0.25) is 0 Å². The molecule has 3 rings (SSSR count). The Morgan fingerprint density at radius 2 is 1.76 bits per heavy atom. The topological polar surface area (TPSA) is 98.5 Å². The van der Waals surface area contributed by atoms with Crippen LogP contribution in [0.2, 0.25) is 18.1 Å². The van der Waals surface area contributed by atoms with E-state index >= 15 is 0 Å². The highest BCUT2D eigenvalue weighted by Crippen LogP contribution is 2.37. The quantitative estimate of drug-likeness (QED) is 0.247. The number of nitrogens with one attached hydrogen (secondary N) is 1. The van der Waals surface area contributed by atoms with Crippen molar-refractivity contribution in [3.8, 4) is 0 Å². The molecule has 206 valence electrons. The highest BCUT2D eigenvalue weighted by molar-refractivity contribution is 6.74. The number of imidazole rings is 1. The molecular weight excluding hydrogens is 503 g/mol. The van der Waals surface area contributed by atoms with Gasteiger partial charge in [-0.15, -0.1) is 0 Å². The summed E-state index contributed by atoms with van der Waals surface area (Å²) in [6.07, 6.45) is 1.79. The number of pyridine rings is 1. The molecule has 0 bridgehead atoms. The fraction of sp³-hybridized carbons (Fsp3) is 0.464. The molecule has 8 nitrogen and oxygen atoms in total. The van der Waals surface area contributed by atoms with Crippen LogP contribution in [-0.2, 0) is 42.0 Å². The number of benzene rings is 1. The Hall–Kier alpha value is -2.92. The monoisotopic (exact) mass is 542 g/mol. The van der Waals surface area contributed by atoms with Crippen molar-refractivity contribution >= 4 is 14.3 Å². The van der Waals surface area contributed by atoms with Crippen LogP contribution in [0.3, 0.4) is 0 Å². The number of esters is 1. The van der Waals surface area contributed by atoms with E-state index in [2.05, 4.69) is 44.2 Å². The van der Waals surface area contributed by atoms with Crippen molar-refractivity contribution in [3.05, 3.63) is 82.4 Å². The minimum absolute atomic E-state index is 0.0549. The fourth-order valence-electron chi connectivity index (χ4n) is 3.57. The molecule has 0 aliphatic heterocycles. The summed E-state index contributed by atoms with van der Waals surface area (Å²) in [7, 11) is -2.00. The van der Waals surface area contributed by atoms with Gasteiger partial charge in [-0.05, 0) is 54.9 Å². The van der Waals surface area contributed by atoms with E-state index in [4.69, 9.17) is 14.1 Å². The molecule has 0 amide bonds. The van der Waals surface area contributed by atoms with Gasteiger partial charge in [-0.2, -0.15) is 0 Å². The molecule has 0 radical (unpaired) electrons. The van der Waals surface area contributed by atoms with Gasteiger partial charge in [-0.3, -0.25) is 4.98 Å². The number of ether oxygens (including phenoxy) is 1. The number of halogens is 1. The number of nitrogens with zero attached hydrogens (tertiary/aromatic N) is 3. The lowest BCUT2D eigenvalue weighted by Crippen LogP contribution is -2.40. The number of carbonyl (C=O) groups is 1. The van der Waals surface area contributed by atoms with E-state index in [1.54, 1.807) is 37.4 Å². The minimum atomic E-state index is -2.00. The van der Waals surface area contributed by atoms with E-state index in [1.807, 2.05) is 4.57 Å². The SMILES string of the molecule is CCOC(=O)c1cc(CNCc2nc(CO)cn2Cc2ccc(F)cc2)nc(CO[Si](C)(C)C(C)(C)C)c1. The first-order valence-electron chi connectivity index (χ1n) is 12.8. The summed E-state index contributed by atoms with van der Waals surface area (Å²) >= 11 is 0. The second kappa shape index (κ2) is 12.7. The zero-order valence-corrected chi connectivity index (χ0v) is 24.2. The molecule has 2 aromatic heterocycles. The van der Waals surface area contributed by atoms with Crippen LogP contribution in [0.25, 0.3) is 0 Å². The average molecular weight is 543 g/mol. The highest BCUT2D eigenvalue weighted by Gasteiger charge is 2.37. The smallest absolute Gasteiger partial charge is 0.338 e. The average Bonchev–Trinajstić information content (AvgIpc) is 3.25. The Morgan fingerprint density at radius 1 is 1.08 bits per heavy atom. The van der Waals surface area contributed by atoms with Crippen LogP contribution < -0.4 is 5.32 Å². The number of aliphatic hydroxyl groups excluding tert-OH is 1. The van der Waals surface area contributed by atoms with E-state index in [-0.39, 0.29) is 24.1 Å². The van der Waals surface area contributed by atoms with Crippen molar-refractivity contribution < 1.29 is 23.5 Å². The van der Waals surface area contributed by atoms with Crippen molar-refractivity contribution in [2.24, 2.45) is 0 Å². The lowest BCUT2D eigenvalue weighted by atomic mass is 10.2. The molecule has 2 N–H and O–H groups in total. The molecule has 3 aromatic rings. The third-order valence-electron chi connectivity index (χ3n) is 6.76. The molecule has 0 saturated carbocycles. The summed E-state index contributed by atoms with van der Waals surface area (Å²) in [6.45, 7) is 14.4. The van der Waals surface area contributed by atoms with Crippen molar-refractivity contribution in [1.82, 2.24) is 19.9 Å². The zero-order chi connectivity index (χ0) is 27.9. The predicted octanol–water partition coefficient (Wildman–Crippen LogP) is 4.95. The first-order valence-corrected chi connectivity index (χ1v) is 15.7. The van der Waals surface area contributed by atoms with Crippen molar-refractivity contribution in [2.75, 3.05) is 6.61 Å². The Kier molecular flexibility index (Phi) is 9.94. The predicted molar refractivity (Wildman–Crippen MR) is 146 cm³/mol. The Morgan fingerprint density at radius 3 is 2.39 bits per heavy atom. The van der Waals surface area contributed by atoms with Gasteiger partial charge in [-0.25, -0.2) is 14.2 Å². The summed E-state index contributed by atoms with van der Waals surface area (Å²) in [6, 6.07) is 9.76. The molecule has 0 unspecified atom stereocenters. The molecule has 2 heterocycles. The van der Waals surface area contributed by atoms with E-state index in [9.17, 15) is 14.3 Å². The van der Waals surface area contributed by atoms with Crippen molar-refractivity contribution in [2.45, 2.75) is 78.7 Å². The Balaban J connectivity index is 1.74. The second-order valence-electron chi connectivity index (χ2n) is 10.8. The molecule has 0 saturated heterocycles. The third kappa shape index (κ3) is 8.04. The first-order chi connectivity index (χ1) is 17.9. The number of rotatable bonds is 12. The summed E-state index contributed by atoms with van der Waals surface area (Å²) in [4.78, 5) is 21.8. The van der Waals surface area contributed by atoms with Gasteiger partial charge in [-0.1, -0.05) is 32.9 Å². The maximum atomic E-state index is 13.3. The molecule has 0 aliphatic rings. The van der Waals surface area contributed by atoms with Crippen molar-refractivity contribution in [3.63, 3.8) is 0 Å². The van der Waals surface area contributed by atoms with Gasteiger partial charge in [0.05, 0.1) is 49.0 Å². The van der Waals surface area contributed by atoms with Crippen LogP contribution in [-0.4, -0.2) is 40.5 Å². The zero-order valence-electron chi connectivity index (χ0n) is 23.2. The molecule has 38 heavy (non-hydrogen) atoms. The second-order valence-corrected chi connectivity index (χ2v) is 15.6. The minimum Gasteiger partial charge on any atom is -0.462 e. The van der Waals surface area contributed by atoms with Gasteiger partial charge < -0.3 is 24.2 Å². The van der Waals surface area contributed by atoms with Crippen LogP contribution in [0.1, 0.15) is 66.5 Å². The summed E-state index contributed by atoms with van der Waals surface area (Å²) in [5.41, 5.74) is 3.27. The van der Waals surface area contributed by atoms with E-state index in [0.717, 1.165) is 11.4 Å². The van der Waals surface area contributed by atoms with E-state index in [0.29, 0.717) is 48.9 Å². The first kappa shape index (κ1) is 29.6. The van der Waals surface area contributed by atoms with Gasteiger partial charge in [0.1, 0.15) is 11.6 Å². The maximum Gasteiger partial charge on any atom is 0.338 e. The van der Waals surface area contributed by atoms with Crippen LogP contribution in [0.15, 0.2) is 42.6 Å². The molecular formula is C28H39FN4O4Si. The van der Waals surface area contributed by atoms with Crippen LogP contribution in [0, 0.1) is 5.82 Å². The molecule has 0 spiro atoms. The molecule has 0 atom stereocenters. The van der Waals surface area contributed by atoms with E-state index < -0.39 is 14.3 Å². The lowest BCUT2D eigenvalue weighted by molar-refractivity contribution is 0.0525. The lowest BCUT2D eigenvalue weighted by Gasteiger charge is -2.36. The number of aromatic nitrogens is 3. The van der Waals surface area contributed by atoms with Gasteiger partial charge in [0, 0.05) is 19.3 Å². The summed E-state index contributed by atoms with van der Waals surface area (Å²) < 4.78 is 26.8. The normalized spacial score (nSPS) is 12.1. The largest absolute Gasteiger partial charge is 0.462 e. The molecule has 0 aliphatic carbocycles. The van der Waals surface area contributed by atoms with Crippen LogP contribution in [0.4, 0.5) is 4.39 Å². The summed E-state index contributed by atoms with van der Waals surface area (Å²) in [5.74, 6) is 0.0394. The van der Waals surface area contributed by atoms with Gasteiger partial charge in [0.25, 0.3) is 0 Å². The molecule has 0 fully saturated rings. The third-order valence-corrected chi connectivity index (χ3v) is 11.2. The number of carbonyl (C=O) groups excluding carboxylic acids is 1. The number of hydrogen-bond acceptors (Lipinski definition) is 7. The molecule has 10 heteroatoms.